The van der Waals surface area contributed by atoms with Gasteiger partial charge in [0.25, 0.3) is 11.1 Å². The number of hydrogen-bond donors (Lipinski definition) is 0. The molecule has 0 saturated carbocycles. The average molecular weight is 436 g/mol. The van der Waals surface area contributed by atoms with Crippen molar-refractivity contribution in [2.45, 2.75) is 20.3 Å². The maximum atomic E-state index is 12.9. The molecule has 0 bridgehead atoms. The number of benzene rings is 2. The Morgan fingerprint density at radius 1 is 1.10 bits per heavy atom. The van der Waals surface area contributed by atoms with E-state index in [1.54, 1.807) is 25.3 Å². The first-order valence-electron chi connectivity index (χ1n) is 9.79. The molecule has 31 heavy (non-hydrogen) atoms. The Morgan fingerprint density at radius 2 is 1.87 bits per heavy atom. The van der Waals surface area contributed by atoms with Gasteiger partial charge in [-0.25, -0.2) is 0 Å². The maximum Gasteiger partial charge on any atom is 0.296 e. The molecule has 158 valence electrons. The van der Waals surface area contributed by atoms with E-state index in [9.17, 15) is 9.59 Å². The molecule has 0 saturated heterocycles. The molecular formula is C23H21N3O4S. The van der Waals surface area contributed by atoms with Gasteiger partial charge in [-0.3, -0.25) is 9.59 Å². The molecule has 0 atom stereocenters. The van der Waals surface area contributed by atoms with Crippen LogP contribution in [0.2, 0.25) is 0 Å². The summed E-state index contributed by atoms with van der Waals surface area (Å²) >= 11 is 1.13. The zero-order chi connectivity index (χ0) is 22.0. The standard InChI is InChI=1S/C23H21N3O4S/c1-4-30-18-10-9-16(12-19(18)29-3)13-20-22(28)26-23(31-20)24-21(27)17(25-26)11-15-7-5-14(2)6-8-15/h5-10,12-13H,4,11H2,1-3H3. The lowest BCUT2D eigenvalue weighted by Crippen LogP contribution is -2.28. The number of aryl methyl sites for hydroxylation is 1. The van der Waals surface area contributed by atoms with Crippen LogP contribution in [-0.2, 0) is 6.42 Å². The molecule has 8 heteroatoms. The predicted octanol–water partition coefficient (Wildman–Crippen LogP) is 2.37. The molecule has 7 nitrogen and oxygen atoms in total. The minimum Gasteiger partial charge on any atom is -0.493 e. The van der Waals surface area contributed by atoms with Crippen molar-refractivity contribution < 1.29 is 9.47 Å². The molecule has 0 amide bonds. The summed E-state index contributed by atoms with van der Waals surface area (Å²) in [5, 5.41) is 4.30. The van der Waals surface area contributed by atoms with Crippen LogP contribution in [0, 0.1) is 6.92 Å². The Balaban J connectivity index is 1.75. The number of ether oxygens (including phenoxy) is 2. The fourth-order valence-corrected chi connectivity index (χ4v) is 4.06. The minimum atomic E-state index is -0.420. The van der Waals surface area contributed by atoms with Crippen LogP contribution in [0.4, 0.5) is 0 Å². The van der Waals surface area contributed by atoms with Crippen LogP contribution in [0.3, 0.4) is 0 Å². The molecule has 4 rings (SSSR count). The van der Waals surface area contributed by atoms with Crippen LogP contribution in [0.5, 0.6) is 11.5 Å². The highest BCUT2D eigenvalue weighted by Crippen LogP contribution is 2.28. The minimum absolute atomic E-state index is 0.241. The van der Waals surface area contributed by atoms with Crippen LogP contribution < -0.4 is 25.1 Å². The molecule has 0 fully saturated rings. The van der Waals surface area contributed by atoms with Crippen molar-refractivity contribution in [2.24, 2.45) is 0 Å². The normalized spacial score (nSPS) is 11.8. The third-order valence-corrected chi connectivity index (χ3v) is 5.69. The highest BCUT2D eigenvalue weighted by atomic mass is 32.1. The molecule has 0 N–H and O–H groups in total. The molecule has 0 aliphatic heterocycles. The summed E-state index contributed by atoms with van der Waals surface area (Å²) in [5.74, 6) is 1.21. The highest BCUT2D eigenvalue weighted by Gasteiger charge is 2.12. The second-order valence-corrected chi connectivity index (χ2v) is 7.99. The maximum absolute atomic E-state index is 12.9. The first kappa shape index (κ1) is 20.7. The van der Waals surface area contributed by atoms with Gasteiger partial charge in [-0.2, -0.15) is 14.6 Å². The molecule has 2 aromatic heterocycles. The Morgan fingerprint density at radius 3 is 2.58 bits per heavy atom. The van der Waals surface area contributed by atoms with Gasteiger partial charge in [0.2, 0.25) is 4.96 Å². The van der Waals surface area contributed by atoms with Crippen molar-refractivity contribution in [1.29, 1.82) is 0 Å². The Kier molecular flexibility index (Phi) is 5.81. The van der Waals surface area contributed by atoms with Crippen molar-refractivity contribution in [2.75, 3.05) is 13.7 Å². The number of nitrogens with zero attached hydrogens (tertiary/aromatic N) is 3. The van der Waals surface area contributed by atoms with Gasteiger partial charge in [-0.1, -0.05) is 47.2 Å². The van der Waals surface area contributed by atoms with Gasteiger partial charge in [0, 0.05) is 6.42 Å². The molecule has 0 aliphatic carbocycles. The molecule has 0 radical (unpaired) electrons. The zero-order valence-electron chi connectivity index (χ0n) is 17.4. The second-order valence-electron chi connectivity index (χ2n) is 6.98. The van der Waals surface area contributed by atoms with E-state index >= 15 is 0 Å². The molecule has 2 aromatic carbocycles. The van der Waals surface area contributed by atoms with Gasteiger partial charge in [-0.15, -0.1) is 0 Å². The smallest absolute Gasteiger partial charge is 0.296 e. The largest absolute Gasteiger partial charge is 0.493 e. The Labute approximate surface area is 182 Å². The molecule has 4 aromatic rings. The monoisotopic (exact) mass is 435 g/mol. The fourth-order valence-electron chi connectivity index (χ4n) is 3.15. The van der Waals surface area contributed by atoms with E-state index in [1.807, 2.05) is 44.2 Å². The van der Waals surface area contributed by atoms with Crippen molar-refractivity contribution in [1.82, 2.24) is 14.6 Å². The summed E-state index contributed by atoms with van der Waals surface area (Å²) in [6.07, 6.45) is 2.05. The van der Waals surface area contributed by atoms with E-state index in [1.165, 1.54) is 4.52 Å². The lowest BCUT2D eigenvalue weighted by molar-refractivity contribution is 0.311. The van der Waals surface area contributed by atoms with Gasteiger partial charge in [0.1, 0.15) is 5.69 Å². The SMILES string of the molecule is CCOc1ccc(C=c2sc3nc(=O)c(Cc4ccc(C)cc4)nn3c2=O)cc1OC. The average Bonchev–Trinajstić information content (AvgIpc) is 3.05. The van der Waals surface area contributed by atoms with Gasteiger partial charge < -0.3 is 9.47 Å². The van der Waals surface area contributed by atoms with Gasteiger partial charge >= 0.3 is 0 Å². The highest BCUT2D eigenvalue weighted by molar-refractivity contribution is 7.15. The van der Waals surface area contributed by atoms with E-state index < -0.39 is 5.56 Å². The third kappa shape index (κ3) is 4.34. The molecule has 2 heterocycles. The molecular weight excluding hydrogens is 414 g/mol. The van der Waals surface area contributed by atoms with Crippen molar-refractivity contribution in [3.8, 4) is 11.5 Å². The number of fused-ring (bicyclic) bond motifs is 1. The zero-order valence-corrected chi connectivity index (χ0v) is 18.2. The number of methoxy groups -OCH3 is 1. The summed E-state index contributed by atoms with van der Waals surface area (Å²) in [6, 6.07) is 13.3. The summed E-state index contributed by atoms with van der Waals surface area (Å²) in [5.41, 5.74) is 2.35. The van der Waals surface area contributed by atoms with Crippen LogP contribution in [0.15, 0.2) is 52.1 Å². The summed E-state index contributed by atoms with van der Waals surface area (Å²) in [4.78, 5) is 29.7. The van der Waals surface area contributed by atoms with E-state index in [4.69, 9.17) is 9.47 Å². The topological polar surface area (TPSA) is 82.8 Å². The summed E-state index contributed by atoms with van der Waals surface area (Å²) in [7, 11) is 1.56. The fraction of sp³-hybridized carbons (Fsp3) is 0.217. The number of hydrogen-bond acceptors (Lipinski definition) is 7. The van der Waals surface area contributed by atoms with Crippen LogP contribution >= 0.6 is 11.3 Å². The molecule has 0 unspecified atom stereocenters. The third-order valence-electron chi connectivity index (χ3n) is 4.73. The van der Waals surface area contributed by atoms with Crippen molar-refractivity contribution in [3.05, 3.63) is 90.1 Å². The number of rotatable bonds is 6. The number of aromatic nitrogens is 3. The van der Waals surface area contributed by atoms with E-state index in [0.29, 0.717) is 29.1 Å². The number of thiazole rings is 1. The Hall–Kier alpha value is -3.52. The lowest BCUT2D eigenvalue weighted by Gasteiger charge is -2.09. The lowest BCUT2D eigenvalue weighted by atomic mass is 10.1. The summed E-state index contributed by atoms with van der Waals surface area (Å²) in [6.45, 7) is 4.42. The van der Waals surface area contributed by atoms with Crippen LogP contribution in [0.25, 0.3) is 11.0 Å². The quantitative estimate of drug-likeness (QED) is 0.462. The van der Waals surface area contributed by atoms with Gasteiger partial charge in [0.05, 0.1) is 18.2 Å². The second kappa shape index (κ2) is 8.69. The van der Waals surface area contributed by atoms with Gasteiger partial charge in [-0.05, 0) is 43.2 Å². The van der Waals surface area contributed by atoms with Crippen molar-refractivity contribution >= 4 is 22.4 Å². The van der Waals surface area contributed by atoms with E-state index in [0.717, 1.165) is 28.0 Å². The first-order valence-corrected chi connectivity index (χ1v) is 10.6. The molecule has 0 spiro atoms. The Bertz CT molecular complexity index is 1410. The molecule has 0 aliphatic rings. The van der Waals surface area contributed by atoms with Crippen LogP contribution in [0.1, 0.15) is 29.3 Å². The van der Waals surface area contributed by atoms with E-state index in [2.05, 4.69) is 10.1 Å². The predicted molar refractivity (Wildman–Crippen MR) is 120 cm³/mol. The summed E-state index contributed by atoms with van der Waals surface area (Å²) < 4.78 is 12.5. The van der Waals surface area contributed by atoms with Gasteiger partial charge in [0.15, 0.2) is 11.5 Å². The van der Waals surface area contributed by atoms with Crippen LogP contribution in [-0.4, -0.2) is 28.3 Å². The first-order chi connectivity index (χ1) is 15.0. The van der Waals surface area contributed by atoms with Crippen molar-refractivity contribution in [3.63, 3.8) is 0 Å². The van der Waals surface area contributed by atoms with E-state index in [-0.39, 0.29) is 16.2 Å².